The summed E-state index contributed by atoms with van der Waals surface area (Å²) in [6.45, 7) is 0.106. The molecule has 0 atom stereocenters. The number of sulfonamides is 1. The van der Waals surface area contributed by atoms with Crippen molar-refractivity contribution < 1.29 is 13.5 Å². The van der Waals surface area contributed by atoms with Gasteiger partial charge in [-0.25, -0.2) is 13.4 Å². The topological polar surface area (TPSA) is 70.5 Å². The molecule has 1 heterocycles. The van der Waals surface area contributed by atoms with Crippen molar-refractivity contribution in [2.45, 2.75) is 36.2 Å². The molecule has 0 aliphatic heterocycles. The van der Waals surface area contributed by atoms with E-state index in [-0.39, 0.29) is 16.6 Å². The summed E-state index contributed by atoms with van der Waals surface area (Å²) in [6.07, 6.45) is 4.51. The standard InChI is InChI=1S/C12H17ClN2O3S/c1-15(9-12(16)5-2-3-6-12)19(17,18)10-4-7-14-11(13)8-10/h4,7-8,16H,2-3,5-6,9H2,1H3. The molecule has 0 saturated heterocycles. The monoisotopic (exact) mass is 304 g/mol. The first-order chi connectivity index (χ1) is 8.83. The second kappa shape index (κ2) is 5.36. The molecule has 5 nitrogen and oxygen atoms in total. The molecule has 1 aliphatic rings. The van der Waals surface area contributed by atoms with Crippen LogP contribution in [0.3, 0.4) is 0 Å². The van der Waals surface area contributed by atoms with E-state index in [4.69, 9.17) is 11.6 Å². The molecule has 7 heteroatoms. The third-order valence-corrected chi connectivity index (χ3v) is 5.46. The van der Waals surface area contributed by atoms with Gasteiger partial charge in [-0.1, -0.05) is 24.4 Å². The van der Waals surface area contributed by atoms with Gasteiger partial charge in [0.15, 0.2) is 0 Å². The van der Waals surface area contributed by atoms with Crippen LogP contribution in [0.2, 0.25) is 5.15 Å². The highest BCUT2D eigenvalue weighted by atomic mass is 35.5. The van der Waals surface area contributed by atoms with Crippen LogP contribution in [0.1, 0.15) is 25.7 Å². The predicted molar refractivity (Wildman–Crippen MR) is 72.5 cm³/mol. The first kappa shape index (κ1) is 14.7. The van der Waals surface area contributed by atoms with Crippen molar-refractivity contribution in [1.82, 2.24) is 9.29 Å². The van der Waals surface area contributed by atoms with E-state index in [9.17, 15) is 13.5 Å². The van der Waals surface area contributed by atoms with Gasteiger partial charge in [-0.3, -0.25) is 0 Å². The third-order valence-electron chi connectivity index (χ3n) is 3.46. The molecule has 1 N–H and O–H groups in total. The lowest BCUT2D eigenvalue weighted by Gasteiger charge is -2.28. The van der Waals surface area contributed by atoms with Gasteiger partial charge in [-0.2, -0.15) is 4.31 Å². The van der Waals surface area contributed by atoms with Gasteiger partial charge in [0.25, 0.3) is 0 Å². The van der Waals surface area contributed by atoms with Gasteiger partial charge in [0, 0.05) is 19.8 Å². The third kappa shape index (κ3) is 3.25. The molecular weight excluding hydrogens is 288 g/mol. The van der Waals surface area contributed by atoms with Crippen molar-refractivity contribution in [1.29, 1.82) is 0 Å². The maximum atomic E-state index is 12.3. The zero-order valence-electron chi connectivity index (χ0n) is 10.7. The Balaban J connectivity index is 2.19. The minimum Gasteiger partial charge on any atom is -0.389 e. The Morgan fingerprint density at radius 3 is 2.68 bits per heavy atom. The predicted octanol–water partition coefficient (Wildman–Crippen LogP) is 1.66. The highest BCUT2D eigenvalue weighted by molar-refractivity contribution is 7.89. The number of aliphatic hydroxyl groups is 1. The van der Waals surface area contributed by atoms with Crippen molar-refractivity contribution in [3.8, 4) is 0 Å². The van der Waals surface area contributed by atoms with Gasteiger partial charge in [0.2, 0.25) is 10.0 Å². The first-order valence-corrected chi connectivity index (χ1v) is 7.96. The Morgan fingerprint density at radius 1 is 1.47 bits per heavy atom. The fourth-order valence-corrected chi connectivity index (χ4v) is 3.92. The number of aromatic nitrogens is 1. The Kier molecular flexibility index (Phi) is 4.15. The number of halogens is 1. The number of hydrogen-bond donors (Lipinski definition) is 1. The van der Waals surface area contributed by atoms with E-state index in [0.717, 1.165) is 12.8 Å². The van der Waals surface area contributed by atoms with Gasteiger partial charge in [0.05, 0.1) is 10.5 Å². The number of nitrogens with zero attached hydrogens (tertiary/aromatic N) is 2. The van der Waals surface area contributed by atoms with Crippen LogP contribution in [0.15, 0.2) is 23.2 Å². The largest absolute Gasteiger partial charge is 0.389 e. The molecule has 1 aromatic heterocycles. The van der Waals surface area contributed by atoms with Crippen LogP contribution in [0.5, 0.6) is 0 Å². The Hall–Kier alpha value is -0.690. The number of rotatable bonds is 4. The van der Waals surface area contributed by atoms with Crippen LogP contribution in [-0.2, 0) is 10.0 Å². The average Bonchev–Trinajstić information content (AvgIpc) is 2.75. The lowest BCUT2D eigenvalue weighted by Crippen LogP contribution is -2.41. The van der Waals surface area contributed by atoms with Crippen molar-refractivity contribution in [3.05, 3.63) is 23.5 Å². The summed E-state index contributed by atoms with van der Waals surface area (Å²) in [4.78, 5) is 3.86. The molecule has 1 aliphatic carbocycles. The van der Waals surface area contributed by atoms with Crippen LogP contribution < -0.4 is 0 Å². The number of pyridine rings is 1. The molecule has 1 aromatic rings. The van der Waals surface area contributed by atoms with E-state index in [1.807, 2.05) is 0 Å². The molecule has 106 valence electrons. The zero-order chi connectivity index (χ0) is 14.1. The van der Waals surface area contributed by atoms with Crippen LogP contribution in [0.4, 0.5) is 0 Å². The highest BCUT2D eigenvalue weighted by Gasteiger charge is 2.35. The molecule has 2 rings (SSSR count). The van der Waals surface area contributed by atoms with E-state index < -0.39 is 15.6 Å². The van der Waals surface area contributed by atoms with Gasteiger partial charge >= 0.3 is 0 Å². The van der Waals surface area contributed by atoms with Crippen LogP contribution >= 0.6 is 11.6 Å². The molecule has 0 radical (unpaired) electrons. The van der Waals surface area contributed by atoms with Gasteiger partial charge < -0.3 is 5.11 Å². The molecule has 1 saturated carbocycles. The van der Waals surface area contributed by atoms with E-state index in [2.05, 4.69) is 4.98 Å². The summed E-state index contributed by atoms with van der Waals surface area (Å²) in [5.74, 6) is 0. The summed E-state index contributed by atoms with van der Waals surface area (Å²) in [5, 5.41) is 10.4. The molecule has 19 heavy (non-hydrogen) atoms. The second-order valence-corrected chi connectivity index (χ2v) is 7.44. The quantitative estimate of drug-likeness (QED) is 0.859. The van der Waals surface area contributed by atoms with E-state index in [1.165, 1.54) is 29.7 Å². The van der Waals surface area contributed by atoms with Gasteiger partial charge in [-0.05, 0) is 25.0 Å². The van der Waals surface area contributed by atoms with Crippen molar-refractivity contribution >= 4 is 21.6 Å². The normalized spacial score (nSPS) is 18.9. The summed E-state index contributed by atoms with van der Waals surface area (Å²) in [6, 6.07) is 2.71. The fourth-order valence-electron chi connectivity index (χ4n) is 2.42. The van der Waals surface area contributed by atoms with Crippen molar-refractivity contribution in [3.63, 3.8) is 0 Å². The second-order valence-electron chi connectivity index (χ2n) is 5.01. The van der Waals surface area contributed by atoms with Gasteiger partial charge in [-0.15, -0.1) is 0 Å². The first-order valence-electron chi connectivity index (χ1n) is 6.14. The summed E-state index contributed by atoms with van der Waals surface area (Å²) in [5.41, 5.74) is -0.904. The summed E-state index contributed by atoms with van der Waals surface area (Å²) < 4.78 is 25.9. The number of likely N-dealkylation sites (N-methyl/N-ethyl adjacent to an activating group) is 1. The Bertz CT molecular complexity index is 556. The van der Waals surface area contributed by atoms with Crippen LogP contribution in [0.25, 0.3) is 0 Å². The SMILES string of the molecule is CN(CC1(O)CCCC1)S(=O)(=O)c1ccnc(Cl)c1. The lowest BCUT2D eigenvalue weighted by atomic mass is 10.0. The average molecular weight is 305 g/mol. The van der Waals surface area contributed by atoms with Crippen LogP contribution in [-0.4, -0.2) is 42.0 Å². The minimum atomic E-state index is -3.64. The maximum absolute atomic E-state index is 12.3. The molecule has 0 spiro atoms. The highest BCUT2D eigenvalue weighted by Crippen LogP contribution is 2.31. The summed E-state index contributed by atoms with van der Waals surface area (Å²) >= 11 is 5.71. The van der Waals surface area contributed by atoms with Crippen molar-refractivity contribution in [2.75, 3.05) is 13.6 Å². The molecule has 0 aromatic carbocycles. The van der Waals surface area contributed by atoms with E-state index in [0.29, 0.717) is 12.8 Å². The Morgan fingerprint density at radius 2 is 2.11 bits per heavy atom. The van der Waals surface area contributed by atoms with Gasteiger partial charge in [0.1, 0.15) is 5.15 Å². The molecule has 0 amide bonds. The van der Waals surface area contributed by atoms with E-state index in [1.54, 1.807) is 0 Å². The molecule has 1 fully saturated rings. The smallest absolute Gasteiger partial charge is 0.243 e. The molecule has 0 unspecified atom stereocenters. The zero-order valence-corrected chi connectivity index (χ0v) is 12.3. The maximum Gasteiger partial charge on any atom is 0.243 e. The molecular formula is C12H17ClN2O3S. The lowest BCUT2D eigenvalue weighted by molar-refractivity contribution is 0.0333. The molecule has 0 bridgehead atoms. The summed E-state index contributed by atoms with van der Waals surface area (Å²) in [7, 11) is -2.17. The Labute approximate surface area is 118 Å². The van der Waals surface area contributed by atoms with Crippen molar-refractivity contribution in [2.24, 2.45) is 0 Å². The minimum absolute atomic E-state index is 0.0941. The van der Waals surface area contributed by atoms with E-state index >= 15 is 0 Å². The van der Waals surface area contributed by atoms with Crippen LogP contribution in [0, 0.1) is 0 Å². The number of hydrogen-bond acceptors (Lipinski definition) is 4. The fraction of sp³-hybridized carbons (Fsp3) is 0.583.